The summed E-state index contributed by atoms with van der Waals surface area (Å²) in [6.07, 6.45) is 10.3. The quantitative estimate of drug-likeness (QED) is 0.187. The van der Waals surface area contributed by atoms with Crippen molar-refractivity contribution in [1.29, 1.82) is 0 Å². The maximum absolute atomic E-state index is 16.3. The van der Waals surface area contributed by atoms with Crippen LogP contribution in [0.1, 0.15) is 24.8 Å². The average molecular weight is 609 g/mol. The normalized spacial score (nSPS) is 14.2. The summed E-state index contributed by atoms with van der Waals surface area (Å²) in [6, 6.07) is 8.50. The van der Waals surface area contributed by atoms with Crippen molar-refractivity contribution in [3.8, 4) is 33.9 Å². The van der Waals surface area contributed by atoms with Gasteiger partial charge in [0.05, 0.1) is 16.6 Å². The molecule has 3 N–H and O–H groups in total. The molecule has 10 nitrogen and oxygen atoms in total. The molecule has 0 unspecified atom stereocenters. The first-order valence-electron chi connectivity index (χ1n) is 15.2. The van der Waals surface area contributed by atoms with Crippen molar-refractivity contribution >= 4 is 27.8 Å². The Labute approximate surface area is 258 Å². The third kappa shape index (κ3) is 5.98. The minimum Gasteiger partial charge on any atom is -0.384 e. The molecule has 1 aliphatic heterocycles. The van der Waals surface area contributed by atoms with Gasteiger partial charge in [0, 0.05) is 66.8 Å². The van der Waals surface area contributed by atoms with Gasteiger partial charge in [-0.1, -0.05) is 6.42 Å². The van der Waals surface area contributed by atoms with Gasteiger partial charge in [0.2, 0.25) is 0 Å². The van der Waals surface area contributed by atoms with E-state index in [0.717, 1.165) is 31.7 Å². The molecule has 1 saturated heterocycles. The highest BCUT2D eigenvalue weighted by Crippen LogP contribution is 2.35. The number of hydrogen-bond acceptors (Lipinski definition) is 8. The van der Waals surface area contributed by atoms with Gasteiger partial charge in [-0.15, -0.1) is 0 Å². The summed E-state index contributed by atoms with van der Waals surface area (Å²) in [7, 11) is 3.96. The number of likely N-dealkylation sites (N-methyl/N-ethyl adjacent to an activating group) is 1. The number of rotatable bonds is 9. The van der Waals surface area contributed by atoms with Gasteiger partial charge in [-0.3, -0.25) is 20.0 Å². The third-order valence-corrected chi connectivity index (χ3v) is 8.18. The van der Waals surface area contributed by atoms with Gasteiger partial charge in [0.25, 0.3) is 0 Å². The molecule has 7 rings (SSSR count). The van der Waals surface area contributed by atoms with Crippen LogP contribution in [0.3, 0.4) is 0 Å². The monoisotopic (exact) mass is 608 g/mol. The molecule has 45 heavy (non-hydrogen) atoms. The summed E-state index contributed by atoms with van der Waals surface area (Å²) >= 11 is 0. The minimum absolute atomic E-state index is 0.223. The Bertz CT molecular complexity index is 1980. The number of anilines is 1. The highest BCUT2D eigenvalue weighted by molar-refractivity contribution is 5.96. The molecule has 6 heterocycles. The summed E-state index contributed by atoms with van der Waals surface area (Å²) in [4.78, 5) is 25.9. The zero-order valence-electron chi connectivity index (χ0n) is 25.2. The van der Waals surface area contributed by atoms with E-state index >= 15 is 4.39 Å². The van der Waals surface area contributed by atoms with Crippen LogP contribution in [0.2, 0.25) is 0 Å². The summed E-state index contributed by atoms with van der Waals surface area (Å²) in [5.74, 6) is -0.473. The van der Waals surface area contributed by atoms with Crippen LogP contribution in [0.25, 0.3) is 56.0 Å². The lowest BCUT2D eigenvalue weighted by atomic mass is 10.0. The number of hydrogen-bond donors (Lipinski definition) is 3. The van der Waals surface area contributed by atoms with Crippen LogP contribution in [0.15, 0.2) is 55.1 Å². The molecule has 12 heteroatoms. The van der Waals surface area contributed by atoms with Crippen molar-refractivity contribution < 1.29 is 8.78 Å². The van der Waals surface area contributed by atoms with Gasteiger partial charge >= 0.3 is 0 Å². The number of nitrogens with zero attached hydrogens (tertiary/aromatic N) is 7. The fraction of sp³-hybridized carbons (Fsp3) is 0.303. The molecule has 0 spiro atoms. The standard InChI is InChI=1S/C33H34F2N10/c1-44(2)11-8-37-24-14-21(13-23(34)15-24)29-30-26(6-7-38-29)40-33(41-30)31-27-28(35)25(18-39-32(27)43-42-31)22-12-20(16-36-17-22)19-45-9-4-3-5-10-45/h6-7,12-18,37H,3-5,8-11,19H2,1-2H3,(H,40,41)(H,39,42,43). The lowest BCUT2D eigenvalue weighted by Crippen LogP contribution is -2.29. The maximum atomic E-state index is 16.3. The van der Waals surface area contributed by atoms with Gasteiger partial charge < -0.3 is 15.2 Å². The van der Waals surface area contributed by atoms with E-state index in [-0.39, 0.29) is 16.9 Å². The molecular formula is C33H34F2N10. The molecular weight excluding hydrogens is 574 g/mol. The van der Waals surface area contributed by atoms with Gasteiger partial charge in [-0.25, -0.2) is 18.7 Å². The number of piperidine rings is 1. The molecule has 0 radical (unpaired) electrons. The number of imidazole rings is 1. The SMILES string of the molecule is CN(C)CCNc1cc(F)cc(-c2nccc3[nH]c(-c4[nH]nc5ncc(-c6cncc(CN7CCCCC7)c6)c(F)c45)nc23)c1. The van der Waals surface area contributed by atoms with Crippen LogP contribution in [0, 0.1) is 11.6 Å². The number of halogens is 2. The van der Waals surface area contributed by atoms with Gasteiger partial charge in [-0.2, -0.15) is 5.10 Å². The van der Waals surface area contributed by atoms with Crippen LogP contribution < -0.4 is 5.32 Å². The van der Waals surface area contributed by atoms with Gasteiger partial charge in [-0.05, 0) is 75.9 Å². The number of H-pyrrole nitrogens is 2. The highest BCUT2D eigenvalue weighted by Gasteiger charge is 2.22. The number of fused-ring (bicyclic) bond motifs is 2. The van der Waals surface area contributed by atoms with Gasteiger partial charge in [0.1, 0.15) is 22.8 Å². The smallest absolute Gasteiger partial charge is 0.184 e. The highest BCUT2D eigenvalue weighted by atomic mass is 19.1. The second kappa shape index (κ2) is 12.3. The summed E-state index contributed by atoms with van der Waals surface area (Å²) < 4.78 is 31.0. The van der Waals surface area contributed by atoms with Crippen LogP contribution in [-0.2, 0) is 6.54 Å². The predicted octanol–water partition coefficient (Wildman–Crippen LogP) is 5.86. The first-order valence-corrected chi connectivity index (χ1v) is 15.2. The van der Waals surface area contributed by atoms with Crippen molar-refractivity contribution in [2.45, 2.75) is 25.8 Å². The summed E-state index contributed by atoms with van der Waals surface area (Å²) in [5, 5.41) is 10.7. The first kappa shape index (κ1) is 28.9. The molecule has 5 aromatic heterocycles. The fourth-order valence-electron chi connectivity index (χ4n) is 5.94. The Hall–Kier alpha value is -4.81. The van der Waals surface area contributed by atoms with Crippen molar-refractivity contribution in [3.63, 3.8) is 0 Å². The molecule has 0 atom stereocenters. The Morgan fingerprint density at radius 2 is 1.84 bits per heavy atom. The number of likely N-dealkylation sites (tertiary alicyclic amines) is 1. The lowest BCUT2D eigenvalue weighted by molar-refractivity contribution is 0.220. The number of pyridine rings is 3. The Kier molecular flexibility index (Phi) is 7.90. The Morgan fingerprint density at radius 3 is 2.69 bits per heavy atom. The van der Waals surface area contributed by atoms with E-state index in [9.17, 15) is 4.39 Å². The number of aromatic amines is 2. The zero-order chi connectivity index (χ0) is 30.9. The molecule has 1 aromatic carbocycles. The fourth-order valence-corrected chi connectivity index (χ4v) is 5.94. The Morgan fingerprint density at radius 1 is 0.978 bits per heavy atom. The van der Waals surface area contributed by atoms with Crippen molar-refractivity contribution in [3.05, 3.63) is 72.3 Å². The average Bonchev–Trinajstić information content (AvgIpc) is 3.66. The molecule has 0 bridgehead atoms. The zero-order valence-corrected chi connectivity index (χ0v) is 25.2. The summed E-state index contributed by atoms with van der Waals surface area (Å²) in [5.41, 5.74) is 5.55. The maximum Gasteiger partial charge on any atom is 0.184 e. The van der Waals surface area contributed by atoms with E-state index in [1.54, 1.807) is 18.5 Å². The van der Waals surface area contributed by atoms with Crippen molar-refractivity contribution in [2.24, 2.45) is 0 Å². The molecule has 1 fully saturated rings. The van der Waals surface area contributed by atoms with Crippen molar-refractivity contribution in [2.75, 3.05) is 45.6 Å². The van der Waals surface area contributed by atoms with Crippen LogP contribution in [0.4, 0.5) is 14.5 Å². The van der Waals surface area contributed by atoms with E-state index < -0.39 is 5.82 Å². The third-order valence-electron chi connectivity index (χ3n) is 8.18. The number of nitrogens with one attached hydrogen (secondary N) is 3. The van der Waals surface area contributed by atoms with E-state index in [1.165, 1.54) is 37.6 Å². The molecule has 0 saturated carbocycles. The largest absolute Gasteiger partial charge is 0.384 e. The predicted molar refractivity (Wildman–Crippen MR) is 172 cm³/mol. The molecule has 6 aromatic rings. The first-order chi connectivity index (χ1) is 21.9. The summed E-state index contributed by atoms with van der Waals surface area (Å²) in [6.45, 7) is 4.37. The second-order valence-corrected chi connectivity index (χ2v) is 11.8. The Balaban J connectivity index is 1.24. The topological polar surface area (TPSA) is 115 Å². The lowest BCUT2D eigenvalue weighted by Gasteiger charge is -2.26. The van der Waals surface area contributed by atoms with Crippen molar-refractivity contribution in [1.82, 2.24) is 44.9 Å². The molecule has 230 valence electrons. The second-order valence-electron chi connectivity index (χ2n) is 11.8. The van der Waals surface area contributed by atoms with E-state index in [4.69, 9.17) is 4.98 Å². The van der Waals surface area contributed by atoms with E-state index in [0.29, 0.717) is 57.2 Å². The molecule has 0 amide bonds. The van der Waals surface area contributed by atoms with Crippen LogP contribution in [-0.4, -0.2) is 85.2 Å². The van der Waals surface area contributed by atoms with E-state index in [2.05, 4.69) is 40.3 Å². The van der Waals surface area contributed by atoms with Crippen LogP contribution >= 0.6 is 0 Å². The van der Waals surface area contributed by atoms with Gasteiger partial charge in [0.15, 0.2) is 11.5 Å². The molecule has 1 aliphatic rings. The minimum atomic E-state index is -0.460. The number of benzene rings is 1. The van der Waals surface area contributed by atoms with Crippen LogP contribution in [0.5, 0.6) is 0 Å². The number of aromatic nitrogens is 7. The molecule has 0 aliphatic carbocycles. The van der Waals surface area contributed by atoms with E-state index in [1.807, 2.05) is 37.3 Å².